The standard InChI is InChI=1S/CF2N2/c2-1-4-5-3/b5-4+. The summed E-state index contributed by atoms with van der Waals surface area (Å²) >= 11 is 0. The molecule has 0 aliphatic carbocycles. The molecule has 0 aromatic rings. The molecule has 0 saturated carbocycles. The Kier molecular flexibility index (Phi) is 3.09. The van der Waals surface area contributed by atoms with Crippen molar-refractivity contribution < 1.29 is 8.87 Å². The molecule has 0 atom stereocenters. The summed E-state index contributed by atoms with van der Waals surface area (Å²) in [6.45, 7) is 0.601. The van der Waals surface area contributed by atoms with Gasteiger partial charge < -0.3 is 0 Å². The van der Waals surface area contributed by atoms with E-state index in [1.165, 1.54) is 5.34 Å². The van der Waals surface area contributed by atoms with E-state index < -0.39 is 0 Å². The third kappa shape index (κ3) is 3.46. The van der Waals surface area contributed by atoms with Crippen LogP contribution in [0, 0.1) is 6.80 Å². The molecular formula is CF2N2. The number of hydrogen-bond acceptors (Lipinski definition) is 2. The molecule has 0 aromatic heterocycles. The maximum Gasteiger partial charge on any atom is 0.343 e. The van der Waals surface area contributed by atoms with Crippen LogP contribution in [0.5, 0.6) is 0 Å². The SMILES string of the molecule is F[C]/N=N/F. The lowest BCUT2D eigenvalue weighted by Gasteiger charge is -1.54. The Labute approximate surface area is 27.5 Å². The molecule has 0 fully saturated rings. The summed E-state index contributed by atoms with van der Waals surface area (Å²) in [5.41, 5.74) is 0. The van der Waals surface area contributed by atoms with Gasteiger partial charge in [0, 0.05) is 5.34 Å². The summed E-state index contributed by atoms with van der Waals surface area (Å²) < 4.78 is 20.4. The second kappa shape index (κ2) is 3.46. The van der Waals surface area contributed by atoms with E-state index in [1.54, 1.807) is 0 Å². The van der Waals surface area contributed by atoms with Crippen LogP contribution in [0.25, 0.3) is 0 Å². The van der Waals surface area contributed by atoms with Gasteiger partial charge >= 0.3 is 6.80 Å². The highest BCUT2D eigenvalue weighted by Crippen LogP contribution is 1.79. The molecule has 0 aliphatic rings. The van der Waals surface area contributed by atoms with Crippen LogP contribution < -0.4 is 0 Å². The minimum atomic E-state index is 0.601. The largest absolute Gasteiger partial charge is 0.343 e. The maximum absolute atomic E-state index is 10.2. The maximum atomic E-state index is 10.2. The van der Waals surface area contributed by atoms with Crippen molar-refractivity contribution in [3.63, 3.8) is 0 Å². The number of halogens is 2. The molecule has 0 rings (SSSR count). The summed E-state index contributed by atoms with van der Waals surface area (Å²) in [6, 6.07) is 0. The van der Waals surface area contributed by atoms with Gasteiger partial charge in [0.25, 0.3) is 0 Å². The molecule has 0 bridgehead atoms. The lowest BCUT2D eigenvalue weighted by molar-refractivity contribution is 0.459. The molecule has 0 amide bonds. The van der Waals surface area contributed by atoms with Gasteiger partial charge in [-0.2, -0.15) is 0 Å². The second-order valence-corrected chi connectivity index (χ2v) is 0.260. The molecule has 2 nitrogen and oxygen atoms in total. The fraction of sp³-hybridized carbons (Fsp3) is 0. The van der Waals surface area contributed by atoms with Gasteiger partial charge in [0.15, 0.2) is 0 Å². The highest BCUT2D eigenvalue weighted by molar-refractivity contribution is 4.24. The first-order chi connectivity index (χ1) is 2.41. The van der Waals surface area contributed by atoms with Gasteiger partial charge in [-0.25, -0.2) is 4.39 Å². The van der Waals surface area contributed by atoms with E-state index in [-0.39, 0.29) is 0 Å². The molecule has 5 heavy (non-hydrogen) atoms. The highest BCUT2D eigenvalue weighted by atomic mass is 19.2. The van der Waals surface area contributed by atoms with E-state index in [4.69, 9.17) is 0 Å². The summed E-state index contributed by atoms with van der Waals surface area (Å²) in [6.07, 6.45) is 0. The molecule has 0 unspecified atom stereocenters. The number of nitrogens with zero attached hydrogens (tertiary/aromatic N) is 2. The van der Waals surface area contributed by atoms with Gasteiger partial charge in [0.2, 0.25) is 0 Å². The van der Waals surface area contributed by atoms with E-state index in [2.05, 4.69) is 0 Å². The first-order valence-electron chi connectivity index (χ1n) is 0.782. The lowest BCUT2D eigenvalue weighted by Crippen LogP contribution is -1.39. The average molecular weight is 78.0 g/mol. The second-order valence-electron chi connectivity index (χ2n) is 0.260. The van der Waals surface area contributed by atoms with Crippen molar-refractivity contribution in [2.45, 2.75) is 0 Å². The van der Waals surface area contributed by atoms with Crippen LogP contribution in [0.4, 0.5) is 8.87 Å². The normalized spacial score (nSPS) is 10.0. The Morgan fingerprint density at radius 1 is 1.60 bits per heavy atom. The van der Waals surface area contributed by atoms with E-state index in [9.17, 15) is 8.87 Å². The molecule has 0 saturated heterocycles. The summed E-state index contributed by atoms with van der Waals surface area (Å²) in [4.78, 5) is 0. The predicted octanol–water partition coefficient (Wildman–Crippen LogP) is 1.29. The first kappa shape index (κ1) is 4.46. The van der Waals surface area contributed by atoms with Gasteiger partial charge in [-0.1, -0.05) is 4.48 Å². The Morgan fingerprint density at radius 2 is 2.20 bits per heavy atom. The molecule has 2 radical (unpaired) electrons. The predicted molar refractivity (Wildman–Crippen MR) is 10.3 cm³/mol. The lowest BCUT2D eigenvalue weighted by atomic mass is 11.5. The van der Waals surface area contributed by atoms with Crippen LogP contribution in [0.1, 0.15) is 0 Å². The fourth-order valence-electron chi connectivity index (χ4n) is 0.0143. The van der Waals surface area contributed by atoms with Crippen LogP contribution in [-0.2, 0) is 0 Å². The van der Waals surface area contributed by atoms with Crippen molar-refractivity contribution >= 4 is 0 Å². The zero-order chi connectivity index (χ0) is 4.12. The topological polar surface area (TPSA) is 24.7 Å². The van der Waals surface area contributed by atoms with Crippen molar-refractivity contribution in [3.05, 3.63) is 6.80 Å². The molecule has 0 spiro atoms. The van der Waals surface area contributed by atoms with Gasteiger partial charge in [0.1, 0.15) is 0 Å². The Balaban J connectivity index is 2.62. The van der Waals surface area contributed by atoms with E-state index in [1.807, 2.05) is 5.11 Å². The molecule has 0 N–H and O–H groups in total. The molecule has 0 aromatic carbocycles. The van der Waals surface area contributed by atoms with Crippen LogP contribution in [0.3, 0.4) is 0 Å². The summed E-state index contributed by atoms with van der Waals surface area (Å²) in [5.74, 6) is 0. The van der Waals surface area contributed by atoms with Gasteiger partial charge in [0.05, 0.1) is 0 Å². The van der Waals surface area contributed by atoms with E-state index in [0.717, 1.165) is 0 Å². The number of hydrogen-bond donors (Lipinski definition) is 0. The molecule has 28 valence electrons. The minimum absolute atomic E-state index is 0.601. The van der Waals surface area contributed by atoms with Crippen molar-refractivity contribution in [3.8, 4) is 0 Å². The molecular weight excluding hydrogens is 78.0 g/mol. The first-order valence-corrected chi connectivity index (χ1v) is 0.782. The monoisotopic (exact) mass is 78.0 g/mol. The van der Waals surface area contributed by atoms with Crippen molar-refractivity contribution in [2.24, 2.45) is 10.5 Å². The highest BCUT2D eigenvalue weighted by Gasteiger charge is 1.66. The van der Waals surface area contributed by atoms with Gasteiger partial charge in [-0.15, -0.1) is 5.11 Å². The van der Waals surface area contributed by atoms with Crippen LogP contribution in [0.2, 0.25) is 0 Å². The molecule has 4 heteroatoms. The van der Waals surface area contributed by atoms with Crippen LogP contribution in [-0.4, -0.2) is 0 Å². The van der Waals surface area contributed by atoms with E-state index in [0.29, 0.717) is 6.80 Å². The minimum Gasteiger partial charge on any atom is -0.203 e. The quantitative estimate of drug-likeness (QED) is 0.333. The zero-order valence-corrected chi connectivity index (χ0v) is 2.15. The zero-order valence-electron chi connectivity index (χ0n) is 2.15. The van der Waals surface area contributed by atoms with E-state index >= 15 is 0 Å². The summed E-state index contributed by atoms with van der Waals surface area (Å²) in [7, 11) is 0. The fourth-order valence-corrected chi connectivity index (χ4v) is 0.0143. The van der Waals surface area contributed by atoms with Gasteiger partial charge in [-0.3, -0.25) is 0 Å². The van der Waals surface area contributed by atoms with Crippen molar-refractivity contribution in [2.75, 3.05) is 0 Å². The van der Waals surface area contributed by atoms with Crippen molar-refractivity contribution in [1.82, 2.24) is 0 Å². The van der Waals surface area contributed by atoms with Crippen molar-refractivity contribution in [1.29, 1.82) is 0 Å². The Hall–Kier alpha value is -0.540. The smallest absolute Gasteiger partial charge is 0.203 e. The van der Waals surface area contributed by atoms with Crippen LogP contribution >= 0.6 is 0 Å². The Bertz CT molecular complexity index is 34.6. The summed E-state index contributed by atoms with van der Waals surface area (Å²) in [5, 5.41) is 3.51. The third-order valence-electron chi connectivity index (χ3n) is 0.0756. The van der Waals surface area contributed by atoms with Crippen LogP contribution in [0.15, 0.2) is 10.5 Å². The molecule has 0 aliphatic heterocycles. The average Bonchev–Trinajstić information content (AvgIpc) is 1.41. The third-order valence-corrected chi connectivity index (χ3v) is 0.0756. The van der Waals surface area contributed by atoms with Gasteiger partial charge in [-0.05, 0) is 0 Å². The Morgan fingerprint density at radius 3 is 2.20 bits per heavy atom. The molecule has 0 heterocycles. The number of rotatable bonds is 1.